The normalized spacial score (nSPS) is 12.4. The summed E-state index contributed by atoms with van der Waals surface area (Å²) in [6.07, 6.45) is -0.384. The average molecular weight is 369 g/mol. The third kappa shape index (κ3) is 7.16. The number of carboxylic acid groups (broad SMARTS) is 1. The molecule has 1 aromatic carbocycles. The van der Waals surface area contributed by atoms with E-state index in [0.717, 1.165) is 12.1 Å². The van der Waals surface area contributed by atoms with E-state index in [9.17, 15) is 23.6 Å². The Morgan fingerprint density at radius 3 is 2.42 bits per heavy atom. The third-order valence-corrected chi connectivity index (χ3v) is 3.25. The number of rotatable bonds is 10. The van der Waals surface area contributed by atoms with Gasteiger partial charge >= 0.3 is 12.0 Å². The van der Waals surface area contributed by atoms with Gasteiger partial charge < -0.3 is 25.8 Å². The fourth-order valence-corrected chi connectivity index (χ4v) is 1.97. The first-order valence-electron chi connectivity index (χ1n) is 7.80. The molecule has 0 spiro atoms. The maximum atomic E-state index is 12.9. The number of benzene rings is 1. The molecule has 1 rings (SSSR count). The predicted octanol–water partition coefficient (Wildman–Crippen LogP) is 0.607. The largest absolute Gasteiger partial charge is 0.480 e. The summed E-state index contributed by atoms with van der Waals surface area (Å²) in [5.74, 6) is -2.33. The number of halogens is 1. The third-order valence-electron chi connectivity index (χ3n) is 3.25. The van der Waals surface area contributed by atoms with Crippen molar-refractivity contribution in [3.05, 3.63) is 35.6 Å². The van der Waals surface area contributed by atoms with Crippen molar-refractivity contribution in [2.45, 2.75) is 32.0 Å². The average Bonchev–Trinajstić information content (AvgIpc) is 2.60. The van der Waals surface area contributed by atoms with Gasteiger partial charge in [-0.1, -0.05) is 13.3 Å². The first-order chi connectivity index (χ1) is 12.4. The molecule has 0 saturated heterocycles. The lowest BCUT2D eigenvalue weighted by Crippen LogP contribution is -2.50. The monoisotopic (exact) mass is 369 g/mol. The molecule has 0 bridgehead atoms. The standard InChI is InChI=1S/C16H20FN3O6/c1-2-3-12(15(23)24)19-16(25)18-8-13(26-9-21)20-14(22)10-4-6-11(17)7-5-10/h4-7,9,12-13H,2-3,8H2,1H3,(H,20,22)(H,23,24)(H2,18,19,25)/t12-,13+/m0/s1. The van der Waals surface area contributed by atoms with Crippen LogP contribution in [-0.2, 0) is 14.3 Å². The lowest BCUT2D eigenvalue weighted by Gasteiger charge is -2.19. The van der Waals surface area contributed by atoms with Gasteiger partial charge in [-0.2, -0.15) is 0 Å². The summed E-state index contributed by atoms with van der Waals surface area (Å²) in [5.41, 5.74) is 0.129. The molecule has 0 heterocycles. The minimum Gasteiger partial charge on any atom is -0.480 e. The number of carbonyl (C=O) groups is 4. The quantitative estimate of drug-likeness (QED) is 0.353. The molecule has 0 fully saturated rings. The van der Waals surface area contributed by atoms with Crippen LogP contribution in [0.25, 0.3) is 0 Å². The van der Waals surface area contributed by atoms with Gasteiger partial charge in [-0.05, 0) is 30.7 Å². The molecule has 0 saturated carbocycles. The number of hydrogen-bond donors (Lipinski definition) is 4. The maximum Gasteiger partial charge on any atom is 0.326 e. The molecular weight excluding hydrogens is 349 g/mol. The van der Waals surface area contributed by atoms with E-state index in [-0.39, 0.29) is 25.0 Å². The molecule has 10 heteroatoms. The molecule has 2 atom stereocenters. The summed E-state index contributed by atoms with van der Waals surface area (Å²) < 4.78 is 17.5. The lowest BCUT2D eigenvalue weighted by atomic mass is 10.2. The van der Waals surface area contributed by atoms with Crippen molar-refractivity contribution in [2.24, 2.45) is 0 Å². The number of carbonyl (C=O) groups excluding carboxylic acids is 3. The molecule has 0 aliphatic rings. The molecule has 0 radical (unpaired) electrons. The van der Waals surface area contributed by atoms with Crippen LogP contribution >= 0.6 is 0 Å². The second-order valence-electron chi connectivity index (χ2n) is 5.24. The van der Waals surface area contributed by atoms with Gasteiger partial charge in [0.25, 0.3) is 12.4 Å². The molecule has 9 nitrogen and oxygen atoms in total. The van der Waals surface area contributed by atoms with Gasteiger partial charge in [-0.15, -0.1) is 0 Å². The Balaban J connectivity index is 2.57. The van der Waals surface area contributed by atoms with Gasteiger partial charge in [0.1, 0.15) is 11.9 Å². The first-order valence-corrected chi connectivity index (χ1v) is 7.80. The van der Waals surface area contributed by atoms with E-state index in [0.29, 0.717) is 6.42 Å². The predicted molar refractivity (Wildman–Crippen MR) is 87.7 cm³/mol. The van der Waals surface area contributed by atoms with Crippen molar-refractivity contribution in [3.63, 3.8) is 0 Å². The SMILES string of the molecule is CCC[C@H](NC(=O)NC[C@H](NC(=O)c1ccc(F)cc1)OC=O)C(=O)O. The fraction of sp³-hybridized carbons (Fsp3) is 0.375. The number of aliphatic carboxylic acids is 1. The maximum absolute atomic E-state index is 12.9. The summed E-state index contributed by atoms with van der Waals surface area (Å²) in [7, 11) is 0. The Hall–Kier alpha value is -3.17. The highest BCUT2D eigenvalue weighted by molar-refractivity contribution is 5.94. The second kappa shape index (κ2) is 10.6. The van der Waals surface area contributed by atoms with Crippen LogP contribution in [0.1, 0.15) is 30.1 Å². The molecule has 0 aliphatic heterocycles. The highest BCUT2D eigenvalue weighted by Crippen LogP contribution is 2.03. The zero-order chi connectivity index (χ0) is 19.5. The van der Waals surface area contributed by atoms with E-state index in [2.05, 4.69) is 20.7 Å². The zero-order valence-corrected chi connectivity index (χ0v) is 14.0. The van der Waals surface area contributed by atoms with Gasteiger partial charge in [0, 0.05) is 5.56 Å². The molecule has 142 valence electrons. The Labute approximate surface area is 148 Å². The highest BCUT2D eigenvalue weighted by atomic mass is 19.1. The van der Waals surface area contributed by atoms with E-state index < -0.39 is 36.0 Å². The first kappa shape index (κ1) is 20.9. The second-order valence-corrected chi connectivity index (χ2v) is 5.24. The van der Waals surface area contributed by atoms with Crippen LogP contribution in [0.15, 0.2) is 24.3 Å². The Bertz CT molecular complexity index is 637. The van der Waals surface area contributed by atoms with Crippen LogP contribution in [0.5, 0.6) is 0 Å². The molecule has 4 N–H and O–H groups in total. The Kier molecular flexibility index (Phi) is 8.55. The van der Waals surface area contributed by atoms with E-state index in [1.807, 2.05) is 0 Å². The van der Waals surface area contributed by atoms with Crippen molar-refractivity contribution < 1.29 is 33.4 Å². The summed E-state index contributed by atoms with van der Waals surface area (Å²) in [4.78, 5) is 45.3. The molecule has 3 amide bonds. The van der Waals surface area contributed by atoms with E-state index in [4.69, 9.17) is 5.11 Å². The lowest BCUT2D eigenvalue weighted by molar-refractivity contribution is -0.139. The smallest absolute Gasteiger partial charge is 0.326 e. The van der Waals surface area contributed by atoms with Crippen LogP contribution in [0.4, 0.5) is 9.18 Å². The van der Waals surface area contributed by atoms with Gasteiger partial charge in [0.2, 0.25) is 0 Å². The summed E-state index contributed by atoms with van der Waals surface area (Å²) in [6, 6.07) is 2.82. The number of carboxylic acids is 1. The summed E-state index contributed by atoms with van der Waals surface area (Å²) >= 11 is 0. The molecule has 0 aliphatic carbocycles. The van der Waals surface area contributed by atoms with Crippen molar-refractivity contribution in [1.82, 2.24) is 16.0 Å². The molecule has 1 aromatic rings. The topological polar surface area (TPSA) is 134 Å². The van der Waals surface area contributed by atoms with Gasteiger partial charge in [-0.3, -0.25) is 9.59 Å². The Morgan fingerprint density at radius 2 is 1.88 bits per heavy atom. The van der Waals surface area contributed by atoms with Crippen molar-refractivity contribution in [2.75, 3.05) is 6.54 Å². The van der Waals surface area contributed by atoms with Gasteiger partial charge in [-0.25, -0.2) is 14.0 Å². The van der Waals surface area contributed by atoms with Crippen LogP contribution in [0.3, 0.4) is 0 Å². The number of amides is 3. The Morgan fingerprint density at radius 1 is 1.23 bits per heavy atom. The molecule has 0 aromatic heterocycles. The minimum absolute atomic E-state index is 0.0896. The van der Waals surface area contributed by atoms with Gasteiger partial charge in [0.05, 0.1) is 6.54 Å². The molecular formula is C16H20FN3O6. The zero-order valence-electron chi connectivity index (χ0n) is 14.0. The van der Waals surface area contributed by atoms with Crippen molar-refractivity contribution in [3.8, 4) is 0 Å². The van der Waals surface area contributed by atoms with Crippen LogP contribution in [0, 0.1) is 5.82 Å². The van der Waals surface area contributed by atoms with E-state index in [1.165, 1.54) is 12.1 Å². The number of nitrogens with one attached hydrogen (secondary N) is 3. The van der Waals surface area contributed by atoms with E-state index in [1.54, 1.807) is 6.92 Å². The van der Waals surface area contributed by atoms with E-state index >= 15 is 0 Å². The van der Waals surface area contributed by atoms with Crippen molar-refractivity contribution >= 4 is 24.4 Å². The highest BCUT2D eigenvalue weighted by Gasteiger charge is 2.20. The number of hydrogen-bond acceptors (Lipinski definition) is 5. The molecule has 26 heavy (non-hydrogen) atoms. The number of urea groups is 1. The number of ether oxygens (including phenoxy) is 1. The summed E-state index contributed by atoms with van der Waals surface area (Å²) in [6.45, 7) is 1.57. The van der Waals surface area contributed by atoms with Crippen LogP contribution in [-0.4, -0.2) is 48.3 Å². The fourth-order valence-electron chi connectivity index (χ4n) is 1.97. The van der Waals surface area contributed by atoms with Gasteiger partial charge in [0.15, 0.2) is 6.23 Å². The summed E-state index contributed by atoms with van der Waals surface area (Å²) in [5, 5.41) is 15.9. The minimum atomic E-state index is -1.19. The molecule has 0 unspecified atom stereocenters. The van der Waals surface area contributed by atoms with Crippen LogP contribution < -0.4 is 16.0 Å². The van der Waals surface area contributed by atoms with Crippen molar-refractivity contribution in [1.29, 1.82) is 0 Å². The van der Waals surface area contributed by atoms with Crippen LogP contribution in [0.2, 0.25) is 0 Å².